The highest BCUT2D eigenvalue weighted by molar-refractivity contribution is 9.10. The minimum absolute atomic E-state index is 0.0210. The summed E-state index contributed by atoms with van der Waals surface area (Å²) in [4.78, 5) is 14.1. The Morgan fingerprint density at radius 3 is 2.48 bits per heavy atom. The van der Waals surface area contributed by atoms with Crippen LogP contribution in [0.5, 0.6) is 0 Å². The number of hydrogen-bond acceptors (Lipinski definition) is 4. The van der Waals surface area contributed by atoms with Gasteiger partial charge in [0.2, 0.25) is 0 Å². The molecule has 6 heteroatoms. The van der Waals surface area contributed by atoms with E-state index in [-0.39, 0.29) is 12.2 Å². The van der Waals surface area contributed by atoms with E-state index in [9.17, 15) is 15.2 Å². The first kappa shape index (κ1) is 18.7. The number of carbonyl (C=O) groups excluding carboxylic acids is 1. The first-order chi connectivity index (χ1) is 12.1. The van der Waals surface area contributed by atoms with Crippen molar-refractivity contribution in [3.63, 3.8) is 0 Å². The number of nitrogens with zero attached hydrogens (tertiary/aromatic N) is 2. The van der Waals surface area contributed by atoms with Crippen LogP contribution < -0.4 is 5.32 Å². The van der Waals surface area contributed by atoms with Crippen LogP contribution in [0.25, 0.3) is 0 Å². The van der Waals surface area contributed by atoms with Crippen LogP contribution in [0.3, 0.4) is 0 Å². The topological polar surface area (TPSA) is 76.4 Å². The number of amides is 1. The summed E-state index contributed by atoms with van der Waals surface area (Å²) in [5.74, 6) is -0.485. The van der Waals surface area contributed by atoms with Crippen molar-refractivity contribution < 1.29 is 9.90 Å². The lowest BCUT2D eigenvalue weighted by Gasteiger charge is -2.20. The molecule has 2 N–H and O–H groups in total. The Balaban J connectivity index is 2.12. The number of aliphatic hydroxyl groups is 1. The van der Waals surface area contributed by atoms with Gasteiger partial charge in [-0.2, -0.15) is 5.26 Å². The molecule has 0 aromatic heterocycles. The van der Waals surface area contributed by atoms with Crippen molar-refractivity contribution in [2.75, 3.05) is 18.5 Å². The average Bonchev–Trinajstić information content (AvgIpc) is 2.62. The van der Waals surface area contributed by atoms with Gasteiger partial charge in [0, 0.05) is 29.4 Å². The zero-order chi connectivity index (χ0) is 18.1. The summed E-state index contributed by atoms with van der Waals surface area (Å²) in [6.45, 7) is 0.750. The van der Waals surface area contributed by atoms with Crippen molar-refractivity contribution in [1.82, 2.24) is 4.90 Å². The maximum atomic E-state index is 12.3. The van der Waals surface area contributed by atoms with Gasteiger partial charge in [0.15, 0.2) is 0 Å². The fourth-order valence-corrected chi connectivity index (χ4v) is 2.45. The summed E-state index contributed by atoms with van der Waals surface area (Å²) in [6.07, 6.45) is 1.48. The van der Waals surface area contributed by atoms with Crippen LogP contribution in [-0.2, 0) is 11.3 Å². The first-order valence-corrected chi connectivity index (χ1v) is 8.49. The molecule has 0 fully saturated rings. The maximum absolute atomic E-state index is 12.3. The van der Waals surface area contributed by atoms with E-state index in [2.05, 4.69) is 21.2 Å². The molecule has 5 nitrogen and oxygen atoms in total. The summed E-state index contributed by atoms with van der Waals surface area (Å²) < 4.78 is 0.901. The van der Waals surface area contributed by atoms with Crippen LogP contribution in [-0.4, -0.2) is 29.1 Å². The quantitative estimate of drug-likeness (QED) is 0.553. The van der Waals surface area contributed by atoms with Gasteiger partial charge in [-0.3, -0.25) is 4.79 Å². The predicted octanol–water partition coefficient (Wildman–Crippen LogP) is 3.29. The molecule has 0 aliphatic rings. The Morgan fingerprint density at radius 2 is 1.88 bits per heavy atom. The van der Waals surface area contributed by atoms with Crippen LogP contribution in [0.15, 0.2) is 70.8 Å². The van der Waals surface area contributed by atoms with Gasteiger partial charge in [-0.05, 0) is 29.8 Å². The van der Waals surface area contributed by atoms with E-state index >= 15 is 0 Å². The van der Waals surface area contributed by atoms with Gasteiger partial charge in [-0.15, -0.1) is 0 Å². The maximum Gasteiger partial charge on any atom is 0.267 e. The monoisotopic (exact) mass is 399 g/mol. The Hall–Kier alpha value is -2.62. The van der Waals surface area contributed by atoms with E-state index in [1.54, 1.807) is 29.2 Å². The molecular formula is C19H18BrN3O2. The highest BCUT2D eigenvalue weighted by atomic mass is 79.9. The van der Waals surface area contributed by atoms with Crippen molar-refractivity contribution in [2.45, 2.75) is 6.54 Å². The molecule has 0 radical (unpaired) electrons. The fraction of sp³-hybridized carbons (Fsp3) is 0.158. The molecule has 2 rings (SSSR count). The van der Waals surface area contributed by atoms with Crippen molar-refractivity contribution in [2.24, 2.45) is 0 Å². The minimum Gasteiger partial charge on any atom is -0.395 e. The number of hydrogen-bond donors (Lipinski definition) is 2. The smallest absolute Gasteiger partial charge is 0.267 e. The van der Waals surface area contributed by atoms with E-state index in [1.165, 1.54) is 6.20 Å². The standard InChI is InChI=1S/C19H18BrN3O2/c20-17-6-8-18(9-7-17)22-19(25)16(12-21)14-23(10-11-24)13-15-4-2-1-3-5-15/h1-9,14,24H,10-11,13H2,(H,22,25)/b16-14-. The van der Waals surface area contributed by atoms with Crippen LogP contribution in [0.4, 0.5) is 5.69 Å². The molecule has 0 aliphatic carbocycles. The second-order valence-electron chi connectivity index (χ2n) is 5.30. The lowest BCUT2D eigenvalue weighted by molar-refractivity contribution is -0.112. The molecule has 0 saturated carbocycles. The van der Waals surface area contributed by atoms with Crippen molar-refractivity contribution in [3.05, 3.63) is 76.4 Å². The predicted molar refractivity (Wildman–Crippen MR) is 100 cm³/mol. The summed E-state index contributed by atoms with van der Waals surface area (Å²) in [7, 11) is 0. The number of nitrogens with one attached hydrogen (secondary N) is 1. The molecule has 0 heterocycles. The molecular weight excluding hydrogens is 382 g/mol. The third kappa shape index (κ3) is 6.07. The average molecular weight is 400 g/mol. The van der Waals surface area contributed by atoms with E-state index < -0.39 is 5.91 Å². The minimum atomic E-state index is -0.485. The lowest BCUT2D eigenvalue weighted by atomic mass is 10.2. The van der Waals surface area contributed by atoms with Gasteiger partial charge >= 0.3 is 0 Å². The Bertz CT molecular complexity index is 768. The molecule has 0 unspecified atom stereocenters. The number of aliphatic hydroxyl groups excluding tert-OH is 1. The molecule has 0 atom stereocenters. The van der Waals surface area contributed by atoms with Crippen molar-refractivity contribution in [1.29, 1.82) is 5.26 Å². The van der Waals surface area contributed by atoms with Gasteiger partial charge in [0.05, 0.1) is 6.61 Å². The summed E-state index contributed by atoms with van der Waals surface area (Å²) in [6, 6.07) is 18.7. The number of halogens is 1. The summed E-state index contributed by atoms with van der Waals surface area (Å²) >= 11 is 3.33. The van der Waals surface area contributed by atoms with Crippen LogP contribution in [0, 0.1) is 11.3 Å². The van der Waals surface area contributed by atoms with Crippen molar-refractivity contribution >= 4 is 27.5 Å². The fourth-order valence-electron chi connectivity index (χ4n) is 2.19. The Kier molecular flexibility index (Phi) is 7.20. The Morgan fingerprint density at radius 1 is 1.20 bits per heavy atom. The first-order valence-electron chi connectivity index (χ1n) is 7.70. The third-order valence-electron chi connectivity index (χ3n) is 3.39. The second kappa shape index (κ2) is 9.62. The number of rotatable bonds is 7. The van der Waals surface area contributed by atoms with E-state index in [0.717, 1.165) is 10.0 Å². The molecule has 1 amide bonds. The molecule has 2 aromatic rings. The van der Waals surface area contributed by atoms with Gasteiger partial charge in [0.1, 0.15) is 11.6 Å². The van der Waals surface area contributed by atoms with Crippen LogP contribution >= 0.6 is 15.9 Å². The number of nitriles is 1. The molecule has 0 saturated heterocycles. The van der Waals surface area contributed by atoms with E-state index in [1.807, 2.05) is 36.4 Å². The van der Waals surface area contributed by atoms with E-state index in [0.29, 0.717) is 18.8 Å². The number of anilines is 1. The molecule has 25 heavy (non-hydrogen) atoms. The molecule has 128 valence electrons. The lowest BCUT2D eigenvalue weighted by Crippen LogP contribution is -2.23. The Labute approximate surface area is 155 Å². The largest absolute Gasteiger partial charge is 0.395 e. The number of benzene rings is 2. The molecule has 0 spiro atoms. The van der Waals surface area contributed by atoms with Crippen molar-refractivity contribution in [3.8, 4) is 6.07 Å². The van der Waals surface area contributed by atoms with Gasteiger partial charge in [-0.1, -0.05) is 46.3 Å². The number of carbonyl (C=O) groups is 1. The SMILES string of the molecule is N#C/C(=C/N(CCO)Cc1ccccc1)C(=O)Nc1ccc(Br)cc1. The second-order valence-corrected chi connectivity index (χ2v) is 6.21. The molecule has 2 aromatic carbocycles. The van der Waals surface area contributed by atoms with Crippen LogP contribution in [0.2, 0.25) is 0 Å². The normalized spacial score (nSPS) is 10.8. The highest BCUT2D eigenvalue weighted by Gasteiger charge is 2.12. The third-order valence-corrected chi connectivity index (χ3v) is 3.92. The zero-order valence-corrected chi connectivity index (χ0v) is 15.1. The summed E-state index contributed by atoms with van der Waals surface area (Å²) in [5.41, 5.74) is 1.61. The van der Waals surface area contributed by atoms with Gasteiger partial charge in [0.25, 0.3) is 5.91 Å². The van der Waals surface area contributed by atoms with Crippen LogP contribution in [0.1, 0.15) is 5.56 Å². The molecule has 0 aliphatic heterocycles. The molecule has 0 bridgehead atoms. The van der Waals surface area contributed by atoms with E-state index in [4.69, 9.17) is 0 Å². The summed E-state index contributed by atoms with van der Waals surface area (Å²) in [5, 5.41) is 21.3. The van der Waals surface area contributed by atoms with Gasteiger partial charge < -0.3 is 15.3 Å². The highest BCUT2D eigenvalue weighted by Crippen LogP contribution is 2.15. The van der Waals surface area contributed by atoms with Gasteiger partial charge in [-0.25, -0.2) is 0 Å². The zero-order valence-electron chi connectivity index (χ0n) is 13.5.